The standard InChI is InChI=1S/C15H23N5/c1-15(2,3)19-14(16-4)17-9-8-12-11-20-10-6-5-7-13(20)18-12/h5-7,10-11H,8-9H2,1-4H3,(H2,16,17,19). The van der Waals surface area contributed by atoms with Crippen LogP contribution < -0.4 is 10.6 Å². The Morgan fingerprint density at radius 2 is 2.15 bits per heavy atom. The van der Waals surface area contributed by atoms with Crippen molar-refractivity contribution in [2.75, 3.05) is 13.6 Å². The number of guanidine groups is 1. The average molecular weight is 273 g/mol. The Balaban J connectivity index is 1.89. The van der Waals surface area contributed by atoms with Gasteiger partial charge in [0.1, 0.15) is 5.65 Å². The molecule has 5 heteroatoms. The van der Waals surface area contributed by atoms with Gasteiger partial charge in [-0.3, -0.25) is 4.99 Å². The molecule has 0 radical (unpaired) electrons. The van der Waals surface area contributed by atoms with Gasteiger partial charge in [-0.15, -0.1) is 0 Å². The van der Waals surface area contributed by atoms with E-state index in [1.165, 1.54) is 0 Å². The Kier molecular flexibility index (Phi) is 4.27. The number of hydrogen-bond donors (Lipinski definition) is 2. The number of hydrogen-bond acceptors (Lipinski definition) is 2. The van der Waals surface area contributed by atoms with Crippen molar-refractivity contribution in [2.45, 2.75) is 32.7 Å². The highest BCUT2D eigenvalue weighted by atomic mass is 15.2. The number of aliphatic imine (C=N–C) groups is 1. The first-order chi connectivity index (χ1) is 9.48. The van der Waals surface area contributed by atoms with Crippen LogP contribution in [0.1, 0.15) is 26.5 Å². The van der Waals surface area contributed by atoms with Crippen molar-refractivity contribution in [1.82, 2.24) is 20.0 Å². The molecule has 0 aliphatic carbocycles. The monoisotopic (exact) mass is 273 g/mol. The van der Waals surface area contributed by atoms with Crippen molar-refractivity contribution in [3.8, 4) is 0 Å². The average Bonchev–Trinajstić information content (AvgIpc) is 2.78. The molecule has 0 unspecified atom stereocenters. The third kappa shape index (κ3) is 3.98. The summed E-state index contributed by atoms with van der Waals surface area (Å²) in [5.74, 6) is 0.821. The molecule has 0 atom stereocenters. The second kappa shape index (κ2) is 5.94. The zero-order valence-corrected chi connectivity index (χ0v) is 12.6. The highest BCUT2D eigenvalue weighted by molar-refractivity contribution is 5.80. The molecule has 0 aliphatic rings. The summed E-state index contributed by atoms with van der Waals surface area (Å²) >= 11 is 0. The van der Waals surface area contributed by atoms with Gasteiger partial charge < -0.3 is 15.0 Å². The third-order valence-corrected chi connectivity index (χ3v) is 2.80. The number of aromatic nitrogens is 2. The van der Waals surface area contributed by atoms with E-state index in [1.807, 2.05) is 28.8 Å². The van der Waals surface area contributed by atoms with Crippen LogP contribution in [-0.4, -0.2) is 34.5 Å². The summed E-state index contributed by atoms with van der Waals surface area (Å²) in [6.45, 7) is 7.14. The SMILES string of the molecule is CN=C(NCCc1cn2ccccc2n1)NC(C)(C)C. The highest BCUT2D eigenvalue weighted by Crippen LogP contribution is 2.04. The normalized spacial score (nSPS) is 12.7. The van der Waals surface area contributed by atoms with Crippen molar-refractivity contribution >= 4 is 11.6 Å². The number of fused-ring (bicyclic) bond motifs is 1. The fraction of sp³-hybridized carbons (Fsp3) is 0.467. The molecule has 2 rings (SSSR count). The molecule has 0 bridgehead atoms. The molecule has 2 heterocycles. The topological polar surface area (TPSA) is 53.7 Å². The van der Waals surface area contributed by atoms with Gasteiger partial charge in [0.05, 0.1) is 5.69 Å². The van der Waals surface area contributed by atoms with Crippen molar-refractivity contribution in [3.05, 3.63) is 36.3 Å². The van der Waals surface area contributed by atoms with E-state index in [1.54, 1.807) is 7.05 Å². The van der Waals surface area contributed by atoms with E-state index in [0.29, 0.717) is 0 Å². The maximum atomic E-state index is 4.57. The zero-order chi connectivity index (χ0) is 14.6. The van der Waals surface area contributed by atoms with E-state index in [4.69, 9.17) is 0 Å². The lowest BCUT2D eigenvalue weighted by atomic mass is 10.1. The summed E-state index contributed by atoms with van der Waals surface area (Å²) in [7, 11) is 1.78. The van der Waals surface area contributed by atoms with E-state index < -0.39 is 0 Å². The van der Waals surface area contributed by atoms with Gasteiger partial charge in [0.2, 0.25) is 0 Å². The van der Waals surface area contributed by atoms with Gasteiger partial charge in [-0.25, -0.2) is 4.98 Å². The highest BCUT2D eigenvalue weighted by Gasteiger charge is 2.11. The molecule has 5 nitrogen and oxygen atoms in total. The van der Waals surface area contributed by atoms with Crippen molar-refractivity contribution in [3.63, 3.8) is 0 Å². The fourth-order valence-electron chi connectivity index (χ4n) is 1.95. The summed E-state index contributed by atoms with van der Waals surface area (Å²) in [4.78, 5) is 8.79. The molecule has 0 saturated heterocycles. The van der Waals surface area contributed by atoms with Gasteiger partial charge in [-0.2, -0.15) is 0 Å². The van der Waals surface area contributed by atoms with Crippen LogP contribution in [0.4, 0.5) is 0 Å². The molecule has 20 heavy (non-hydrogen) atoms. The van der Waals surface area contributed by atoms with Crippen molar-refractivity contribution < 1.29 is 0 Å². The first-order valence-electron chi connectivity index (χ1n) is 6.89. The van der Waals surface area contributed by atoms with Crippen LogP contribution >= 0.6 is 0 Å². The summed E-state index contributed by atoms with van der Waals surface area (Å²) in [5.41, 5.74) is 2.07. The predicted molar refractivity (Wildman–Crippen MR) is 83.1 cm³/mol. The van der Waals surface area contributed by atoms with E-state index in [9.17, 15) is 0 Å². The van der Waals surface area contributed by atoms with Crippen LogP contribution in [0.15, 0.2) is 35.6 Å². The minimum Gasteiger partial charge on any atom is -0.356 e. The quantitative estimate of drug-likeness (QED) is 0.663. The van der Waals surface area contributed by atoms with Crippen LogP contribution in [0.3, 0.4) is 0 Å². The molecule has 2 N–H and O–H groups in total. The molecular weight excluding hydrogens is 250 g/mol. The molecule has 0 amide bonds. The van der Waals surface area contributed by atoms with Crippen LogP contribution in [0.25, 0.3) is 5.65 Å². The predicted octanol–water partition coefficient (Wildman–Crippen LogP) is 1.84. The Bertz CT molecular complexity index is 559. The largest absolute Gasteiger partial charge is 0.356 e. The van der Waals surface area contributed by atoms with E-state index in [-0.39, 0.29) is 5.54 Å². The van der Waals surface area contributed by atoms with Crippen LogP contribution in [0.2, 0.25) is 0 Å². The van der Waals surface area contributed by atoms with E-state index in [0.717, 1.165) is 30.3 Å². The molecule has 0 saturated carbocycles. The maximum Gasteiger partial charge on any atom is 0.191 e. The lowest BCUT2D eigenvalue weighted by molar-refractivity contribution is 0.501. The van der Waals surface area contributed by atoms with Crippen LogP contribution in [-0.2, 0) is 6.42 Å². The molecule has 2 aromatic rings. The van der Waals surface area contributed by atoms with Gasteiger partial charge in [0.25, 0.3) is 0 Å². The fourth-order valence-corrected chi connectivity index (χ4v) is 1.95. The van der Waals surface area contributed by atoms with Gasteiger partial charge in [0, 0.05) is 37.9 Å². The summed E-state index contributed by atoms with van der Waals surface area (Å²) in [5, 5.41) is 6.64. The van der Waals surface area contributed by atoms with Crippen molar-refractivity contribution in [2.24, 2.45) is 4.99 Å². The summed E-state index contributed by atoms with van der Waals surface area (Å²) in [6, 6.07) is 6.02. The Labute approximate surface area is 120 Å². The Morgan fingerprint density at radius 3 is 2.80 bits per heavy atom. The number of nitrogens with zero attached hydrogens (tertiary/aromatic N) is 3. The van der Waals surface area contributed by atoms with Gasteiger partial charge in [-0.05, 0) is 32.9 Å². The van der Waals surface area contributed by atoms with Gasteiger partial charge in [-0.1, -0.05) is 6.07 Å². The second-order valence-corrected chi connectivity index (χ2v) is 5.82. The lowest BCUT2D eigenvalue weighted by Gasteiger charge is -2.23. The molecule has 108 valence electrons. The van der Waals surface area contributed by atoms with E-state index in [2.05, 4.69) is 47.6 Å². The first-order valence-corrected chi connectivity index (χ1v) is 6.89. The third-order valence-electron chi connectivity index (χ3n) is 2.80. The Morgan fingerprint density at radius 1 is 1.35 bits per heavy atom. The molecule has 2 aromatic heterocycles. The molecule has 0 fully saturated rings. The smallest absolute Gasteiger partial charge is 0.191 e. The van der Waals surface area contributed by atoms with Gasteiger partial charge in [0.15, 0.2) is 5.96 Å². The van der Waals surface area contributed by atoms with E-state index >= 15 is 0 Å². The zero-order valence-electron chi connectivity index (χ0n) is 12.6. The van der Waals surface area contributed by atoms with Crippen LogP contribution in [0, 0.1) is 0 Å². The molecule has 0 aliphatic heterocycles. The minimum atomic E-state index is 0.00489. The van der Waals surface area contributed by atoms with Gasteiger partial charge >= 0.3 is 0 Å². The number of imidazole rings is 1. The van der Waals surface area contributed by atoms with Crippen LogP contribution in [0.5, 0.6) is 0 Å². The second-order valence-electron chi connectivity index (χ2n) is 5.82. The maximum absolute atomic E-state index is 4.57. The lowest BCUT2D eigenvalue weighted by Crippen LogP contribution is -2.48. The molecule has 0 spiro atoms. The number of nitrogens with one attached hydrogen (secondary N) is 2. The molecule has 0 aromatic carbocycles. The van der Waals surface area contributed by atoms with Crippen molar-refractivity contribution in [1.29, 1.82) is 0 Å². The summed E-state index contributed by atoms with van der Waals surface area (Å²) in [6.07, 6.45) is 4.95. The molecular formula is C15H23N5. The number of rotatable bonds is 3. The minimum absolute atomic E-state index is 0.00489. The first kappa shape index (κ1) is 14.4. The summed E-state index contributed by atoms with van der Waals surface area (Å²) < 4.78 is 2.04. The number of pyridine rings is 1. The Hall–Kier alpha value is -2.04.